The summed E-state index contributed by atoms with van der Waals surface area (Å²) in [6.45, 7) is 4.35. The van der Waals surface area contributed by atoms with Crippen LogP contribution in [0.4, 0.5) is 10.6 Å². The highest BCUT2D eigenvalue weighted by Gasteiger charge is 2.14. The first-order valence-electron chi connectivity index (χ1n) is 7.54. The van der Waals surface area contributed by atoms with E-state index in [4.69, 9.17) is 0 Å². The molecule has 2 N–H and O–H groups in total. The third-order valence-electron chi connectivity index (χ3n) is 3.82. The van der Waals surface area contributed by atoms with E-state index in [-0.39, 0.29) is 12.1 Å². The van der Waals surface area contributed by atoms with E-state index in [2.05, 4.69) is 20.7 Å². The smallest absolute Gasteiger partial charge is 0.315 e. The van der Waals surface area contributed by atoms with Crippen LogP contribution in [0.2, 0.25) is 0 Å². The van der Waals surface area contributed by atoms with E-state index in [0.29, 0.717) is 6.54 Å². The van der Waals surface area contributed by atoms with Gasteiger partial charge in [0.05, 0.1) is 12.2 Å². The van der Waals surface area contributed by atoms with Crippen LogP contribution in [-0.2, 0) is 13.6 Å². The number of pyridine rings is 1. The summed E-state index contributed by atoms with van der Waals surface area (Å²) in [5, 5.41) is 10.0. The van der Waals surface area contributed by atoms with Gasteiger partial charge in [0.2, 0.25) is 0 Å². The lowest BCUT2D eigenvalue weighted by Gasteiger charge is -2.17. The predicted molar refractivity (Wildman–Crippen MR) is 90.3 cm³/mol. The van der Waals surface area contributed by atoms with Gasteiger partial charge in [0.25, 0.3) is 0 Å². The minimum absolute atomic E-state index is 0.106. The van der Waals surface area contributed by atoms with Gasteiger partial charge < -0.3 is 15.5 Å². The maximum absolute atomic E-state index is 12.1. The molecule has 2 aromatic rings. The summed E-state index contributed by atoms with van der Waals surface area (Å²) in [7, 11) is 5.75. The summed E-state index contributed by atoms with van der Waals surface area (Å²) >= 11 is 0. The van der Waals surface area contributed by atoms with E-state index >= 15 is 0 Å². The Hall–Kier alpha value is -2.57. The average molecular weight is 316 g/mol. The Kier molecular flexibility index (Phi) is 5.20. The maximum atomic E-state index is 12.1. The monoisotopic (exact) mass is 316 g/mol. The average Bonchev–Trinajstić information content (AvgIpc) is 2.85. The summed E-state index contributed by atoms with van der Waals surface area (Å²) in [4.78, 5) is 18.4. The molecule has 0 aliphatic carbocycles. The molecule has 0 spiro atoms. The number of anilines is 1. The van der Waals surface area contributed by atoms with Crippen molar-refractivity contribution < 1.29 is 4.79 Å². The van der Waals surface area contributed by atoms with Gasteiger partial charge in [-0.3, -0.25) is 4.68 Å². The van der Waals surface area contributed by atoms with Crippen molar-refractivity contribution in [3.05, 3.63) is 41.3 Å². The van der Waals surface area contributed by atoms with Crippen molar-refractivity contribution in [2.75, 3.05) is 19.0 Å². The van der Waals surface area contributed by atoms with Crippen LogP contribution < -0.4 is 15.5 Å². The fourth-order valence-electron chi connectivity index (χ4n) is 2.41. The maximum Gasteiger partial charge on any atom is 0.315 e. The molecule has 1 atom stereocenters. The van der Waals surface area contributed by atoms with Crippen LogP contribution in [-0.4, -0.2) is 34.9 Å². The Bertz CT molecular complexity index is 679. The number of carbonyl (C=O) groups is 1. The SMILES string of the molecule is Cc1c([C@@H](C)NC(=O)NCc2cccnc2N(C)C)cnn1C. The first-order valence-corrected chi connectivity index (χ1v) is 7.54. The lowest BCUT2D eigenvalue weighted by molar-refractivity contribution is 0.237. The molecule has 0 aliphatic heterocycles. The molecule has 2 amide bonds. The summed E-state index contributed by atoms with van der Waals surface area (Å²) in [5.74, 6) is 0.851. The van der Waals surface area contributed by atoms with Crippen molar-refractivity contribution in [3.8, 4) is 0 Å². The Morgan fingerprint density at radius 3 is 2.78 bits per heavy atom. The molecule has 7 nitrogen and oxygen atoms in total. The molecular weight excluding hydrogens is 292 g/mol. The highest BCUT2D eigenvalue weighted by atomic mass is 16.2. The number of hydrogen-bond acceptors (Lipinski definition) is 4. The zero-order valence-corrected chi connectivity index (χ0v) is 14.3. The van der Waals surface area contributed by atoms with Crippen LogP contribution in [0, 0.1) is 6.92 Å². The minimum Gasteiger partial charge on any atom is -0.362 e. The molecule has 0 saturated carbocycles. The van der Waals surface area contributed by atoms with E-state index in [1.54, 1.807) is 17.1 Å². The molecule has 0 aliphatic rings. The zero-order valence-electron chi connectivity index (χ0n) is 14.3. The van der Waals surface area contributed by atoms with E-state index in [1.807, 2.05) is 52.0 Å². The molecule has 7 heteroatoms. The van der Waals surface area contributed by atoms with Crippen LogP contribution >= 0.6 is 0 Å². The largest absolute Gasteiger partial charge is 0.362 e. The number of amides is 2. The van der Waals surface area contributed by atoms with Gasteiger partial charge >= 0.3 is 6.03 Å². The Morgan fingerprint density at radius 2 is 2.17 bits per heavy atom. The van der Waals surface area contributed by atoms with Crippen molar-refractivity contribution in [2.24, 2.45) is 7.05 Å². The van der Waals surface area contributed by atoms with E-state index in [9.17, 15) is 4.79 Å². The highest BCUT2D eigenvalue weighted by Crippen LogP contribution is 2.16. The quantitative estimate of drug-likeness (QED) is 0.881. The molecule has 2 rings (SSSR count). The van der Waals surface area contributed by atoms with Gasteiger partial charge in [-0.1, -0.05) is 6.07 Å². The summed E-state index contributed by atoms with van der Waals surface area (Å²) in [5.41, 5.74) is 3.02. The van der Waals surface area contributed by atoms with Crippen LogP contribution in [0.25, 0.3) is 0 Å². The lowest BCUT2D eigenvalue weighted by atomic mass is 10.1. The standard InChI is InChI=1S/C16H24N6O/c1-11(14-10-19-22(5)12(14)2)20-16(23)18-9-13-7-6-8-17-15(13)21(3)4/h6-8,10-11H,9H2,1-5H3,(H2,18,20,23)/t11-/m1/s1. The number of nitrogens with zero attached hydrogens (tertiary/aromatic N) is 4. The van der Waals surface area contributed by atoms with Gasteiger partial charge in [-0.15, -0.1) is 0 Å². The predicted octanol–water partition coefficient (Wildman–Crippen LogP) is 1.75. The van der Waals surface area contributed by atoms with Crippen molar-refractivity contribution in [1.29, 1.82) is 0 Å². The topological polar surface area (TPSA) is 75.1 Å². The molecule has 23 heavy (non-hydrogen) atoms. The van der Waals surface area contributed by atoms with Crippen molar-refractivity contribution in [1.82, 2.24) is 25.4 Å². The minimum atomic E-state index is -0.214. The number of urea groups is 1. The number of aromatic nitrogens is 3. The fraction of sp³-hybridized carbons (Fsp3) is 0.438. The van der Waals surface area contributed by atoms with Crippen LogP contribution in [0.15, 0.2) is 24.5 Å². The second kappa shape index (κ2) is 7.13. The van der Waals surface area contributed by atoms with Gasteiger partial charge in [-0.05, 0) is 19.9 Å². The second-order valence-corrected chi connectivity index (χ2v) is 5.74. The third kappa shape index (κ3) is 4.00. The van der Waals surface area contributed by atoms with Gasteiger partial charge in [-0.25, -0.2) is 9.78 Å². The van der Waals surface area contributed by atoms with Crippen LogP contribution in [0.5, 0.6) is 0 Å². The Labute approximate surface area is 136 Å². The fourth-order valence-corrected chi connectivity index (χ4v) is 2.41. The normalized spacial score (nSPS) is 11.9. The molecule has 0 unspecified atom stereocenters. The van der Waals surface area contributed by atoms with E-state index in [1.165, 1.54) is 0 Å². The molecule has 124 valence electrons. The number of hydrogen-bond donors (Lipinski definition) is 2. The second-order valence-electron chi connectivity index (χ2n) is 5.74. The van der Waals surface area contributed by atoms with Gasteiger partial charge in [0.15, 0.2) is 0 Å². The first kappa shape index (κ1) is 16.8. The summed E-state index contributed by atoms with van der Waals surface area (Å²) < 4.78 is 1.80. The molecule has 2 heterocycles. The number of carbonyl (C=O) groups excluding carboxylic acids is 1. The molecule has 2 aromatic heterocycles. The first-order chi connectivity index (χ1) is 10.9. The zero-order chi connectivity index (χ0) is 17.0. The summed E-state index contributed by atoms with van der Waals surface area (Å²) in [6.07, 6.45) is 3.53. The number of rotatable bonds is 5. The van der Waals surface area contributed by atoms with Gasteiger partial charge in [0, 0.05) is 50.7 Å². The highest BCUT2D eigenvalue weighted by molar-refractivity contribution is 5.74. The molecule has 0 saturated heterocycles. The lowest BCUT2D eigenvalue weighted by Crippen LogP contribution is -2.37. The van der Waals surface area contributed by atoms with E-state index in [0.717, 1.165) is 22.6 Å². The summed E-state index contributed by atoms with van der Waals surface area (Å²) in [6, 6.07) is 3.50. The molecule has 0 aromatic carbocycles. The molecule has 0 bridgehead atoms. The Morgan fingerprint density at radius 1 is 1.43 bits per heavy atom. The molecule has 0 fully saturated rings. The van der Waals surface area contributed by atoms with Crippen molar-refractivity contribution in [2.45, 2.75) is 26.4 Å². The van der Waals surface area contributed by atoms with Crippen LogP contribution in [0.1, 0.15) is 29.8 Å². The number of aryl methyl sites for hydroxylation is 1. The van der Waals surface area contributed by atoms with Crippen LogP contribution in [0.3, 0.4) is 0 Å². The third-order valence-corrected chi connectivity index (χ3v) is 3.82. The van der Waals surface area contributed by atoms with Crippen molar-refractivity contribution in [3.63, 3.8) is 0 Å². The molecular formula is C16H24N6O. The van der Waals surface area contributed by atoms with Gasteiger partial charge in [-0.2, -0.15) is 5.10 Å². The number of nitrogens with one attached hydrogen (secondary N) is 2. The molecule has 0 radical (unpaired) electrons. The Balaban J connectivity index is 1.94. The van der Waals surface area contributed by atoms with Gasteiger partial charge in [0.1, 0.15) is 5.82 Å². The van der Waals surface area contributed by atoms with E-state index < -0.39 is 0 Å². The van der Waals surface area contributed by atoms with Crippen molar-refractivity contribution >= 4 is 11.8 Å².